The van der Waals surface area contributed by atoms with Crippen molar-refractivity contribution in [2.45, 2.75) is 40.0 Å². The van der Waals surface area contributed by atoms with Crippen LogP contribution in [0.1, 0.15) is 37.5 Å². The molecule has 0 saturated heterocycles. The van der Waals surface area contributed by atoms with E-state index in [0.717, 1.165) is 22.1 Å². The third-order valence-corrected chi connectivity index (χ3v) is 6.34. The number of rotatable bonds is 6. The molecule has 0 spiro atoms. The van der Waals surface area contributed by atoms with Crippen molar-refractivity contribution in [3.63, 3.8) is 0 Å². The van der Waals surface area contributed by atoms with Crippen molar-refractivity contribution in [3.05, 3.63) is 77.5 Å². The first kappa shape index (κ1) is 25.8. The predicted octanol–water partition coefficient (Wildman–Crippen LogP) is 7.77. The average molecular weight is 501 g/mol. The molecule has 0 atom stereocenters. The van der Waals surface area contributed by atoms with Gasteiger partial charge in [-0.25, -0.2) is 9.69 Å². The summed E-state index contributed by atoms with van der Waals surface area (Å²) in [6.45, 7) is 10.2. The van der Waals surface area contributed by atoms with Gasteiger partial charge in [-0.15, -0.1) is 0 Å². The van der Waals surface area contributed by atoms with Crippen LogP contribution in [0.2, 0.25) is 0 Å². The molecule has 4 rings (SSSR count). The van der Waals surface area contributed by atoms with E-state index in [1.54, 1.807) is 32.5 Å². The second-order valence-electron chi connectivity index (χ2n) is 9.95. The van der Waals surface area contributed by atoms with Crippen LogP contribution < -0.4 is 19.1 Å². The maximum Gasteiger partial charge on any atom is 0.416 e. The van der Waals surface area contributed by atoms with Gasteiger partial charge in [0, 0.05) is 17.6 Å². The molecule has 192 valence electrons. The molecule has 0 fully saturated rings. The van der Waals surface area contributed by atoms with E-state index < -0.39 is 6.09 Å². The number of hydrogen-bond acceptors (Lipinski definition) is 5. The molecule has 7 heteroatoms. The van der Waals surface area contributed by atoms with Crippen molar-refractivity contribution in [1.82, 2.24) is 4.98 Å². The van der Waals surface area contributed by atoms with E-state index in [9.17, 15) is 9.90 Å². The third-order valence-electron chi connectivity index (χ3n) is 6.34. The molecule has 1 aromatic heterocycles. The molecule has 0 aliphatic heterocycles. The molecule has 1 amide bonds. The van der Waals surface area contributed by atoms with Crippen molar-refractivity contribution >= 4 is 28.4 Å². The Morgan fingerprint density at radius 1 is 0.838 bits per heavy atom. The highest BCUT2D eigenvalue weighted by atomic mass is 16.5. The molecular formula is C30H32N2O5. The summed E-state index contributed by atoms with van der Waals surface area (Å²) in [5.41, 5.74) is 4.53. The average Bonchev–Trinajstić information content (AvgIpc) is 2.86. The first-order valence-electron chi connectivity index (χ1n) is 12.0. The SMILES string of the molecule is COc1cc2nccc(Oc3cc(C)c(N(C(=O)O)c4ccc(C(C)(C)C)cc4)cc3C)c2cc1OC. The fourth-order valence-corrected chi connectivity index (χ4v) is 4.24. The number of nitrogens with zero attached hydrogens (tertiary/aromatic N) is 2. The number of amides is 1. The zero-order chi connectivity index (χ0) is 26.9. The molecule has 1 N–H and O–H groups in total. The summed E-state index contributed by atoms with van der Waals surface area (Å²) >= 11 is 0. The maximum atomic E-state index is 12.3. The van der Waals surface area contributed by atoms with E-state index in [4.69, 9.17) is 14.2 Å². The molecule has 7 nitrogen and oxygen atoms in total. The Morgan fingerprint density at radius 2 is 1.49 bits per heavy atom. The van der Waals surface area contributed by atoms with Crippen LogP contribution in [0.15, 0.2) is 60.8 Å². The minimum Gasteiger partial charge on any atom is -0.493 e. The monoisotopic (exact) mass is 500 g/mol. The van der Waals surface area contributed by atoms with Gasteiger partial charge in [-0.3, -0.25) is 4.98 Å². The topological polar surface area (TPSA) is 81.1 Å². The molecule has 0 radical (unpaired) electrons. The van der Waals surface area contributed by atoms with Gasteiger partial charge in [0.25, 0.3) is 0 Å². The third kappa shape index (κ3) is 5.16. The lowest BCUT2D eigenvalue weighted by Gasteiger charge is -2.25. The smallest absolute Gasteiger partial charge is 0.416 e. The Labute approximate surface area is 217 Å². The van der Waals surface area contributed by atoms with E-state index in [0.29, 0.717) is 39.9 Å². The van der Waals surface area contributed by atoms with Crippen molar-refractivity contribution in [2.24, 2.45) is 0 Å². The summed E-state index contributed by atoms with van der Waals surface area (Å²) < 4.78 is 17.2. The highest BCUT2D eigenvalue weighted by molar-refractivity contribution is 5.96. The van der Waals surface area contributed by atoms with Gasteiger partial charge < -0.3 is 19.3 Å². The van der Waals surface area contributed by atoms with Crippen LogP contribution in [0.3, 0.4) is 0 Å². The number of pyridine rings is 1. The number of benzene rings is 3. The van der Waals surface area contributed by atoms with Gasteiger partial charge in [0.2, 0.25) is 0 Å². The van der Waals surface area contributed by atoms with Gasteiger partial charge in [0.15, 0.2) is 11.5 Å². The largest absolute Gasteiger partial charge is 0.493 e. The standard InChI is InChI=1S/C30H32N2O5/c1-18-15-26(37-25-12-13-31-23-17-28(36-7)27(35-6)16-22(23)25)19(2)14-24(18)32(29(33)34)21-10-8-20(9-11-21)30(3,4)5/h8-17H,1-7H3,(H,33,34). The Morgan fingerprint density at radius 3 is 2.08 bits per heavy atom. The zero-order valence-corrected chi connectivity index (χ0v) is 22.2. The van der Waals surface area contributed by atoms with Crippen LogP contribution in [0.5, 0.6) is 23.0 Å². The van der Waals surface area contributed by atoms with E-state index in [1.165, 1.54) is 4.90 Å². The van der Waals surface area contributed by atoms with Gasteiger partial charge >= 0.3 is 6.09 Å². The number of aromatic nitrogens is 1. The summed E-state index contributed by atoms with van der Waals surface area (Å²) in [5, 5.41) is 10.9. The predicted molar refractivity (Wildman–Crippen MR) is 146 cm³/mol. The Kier molecular flexibility index (Phi) is 6.99. The van der Waals surface area contributed by atoms with Crippen molar-refractivity contribution in [3.8, 4) is 23.0 Å². The summed E-state index contributed by atoms with van der Waals surface area (Å²) in [7, 11) is 3.16. The minimum absolute atomic E-state index is 0.0235. The fourth-order valence-electron chi connectivity index (χ4n) is 4.24. The zero-order valence-electron chi connectivity index (χ0n) is 22.2. The van der Waals surface area contributed by atoms with Crippen LogP contribution in [0, 0.1) is 13.8 Å². The molecule has 3 aromatic carbocycles. The van der Waals surface area contributed by atoms with Crippen LogP contribution >= 0.6 is 0 Å². The van der Waals surface area contributed by atoms with Crippen molar-refractivity contribution in [1.29, 1.82) is 0 Å². The Balaban J connectivity index is 1.72. The minimum atomic E-state index is -1.05. The van der Waals surface area contributed by atoms with Crippen molar-refractivity contribution < 1.29 is 24.1 Å². The van der Waals surface area contributed by atoms with Gasteiger partial charge in [0.05, 0.1) is 31.1 Å². The number of carboxylic acid groups (broad SMARTS) is 1. The summed E-state index contributed by atoms with van der Waals surface area (Å²) in [5.74, 6) is 2.39. The van der Waals surface area contributed by atoms with Gasteiger partial charge in [-0.1, -0.05) is 32.9 Å². The number of anilines is 2. The van der Waals surface area contributed by atoms with Crippen LogP contribution in [-0.2, 0) is 5.41 Å². The first-order valence-corrected chi connectivity index (χ1v) is 12.0. The van der Waals surface area contributed by atoms with Crippen LogP contribution in [-0.4, -0.2) is 30.4 Å². The molecule has 0 bridgehead atoms. The van der Waals surface area contributed by atoms with Crippen molar-refractivity contribution in [2.75, 3.05) is 19.1 Å². The number of aryl methyl sites for hydroxylation is 2. The Bertz CT molecular complexity index is 1460. The molecule has 37 heavy (non-hydrogen) atoms. The quantitative estimate of drug-likeness (QED) is 0.291. The summed E-state index contributed by atoms with van der Waals surface area (Å²) in [4.78, 5) is 18.1. The molecule has 0 aliphatic carbocycles. The lowest BCUT2D eigenvalue weighted by molar-refractivity contribution is 0.204. The lowest BCUT2D eigenvalue weighted by Crippen LogP contribution is -2.24. The second-order valence-corrected chi connectivity index (χ2v) is 9.95. The van der Waals surface area contributed by atoms with E-state index in [-0.39, 0.29) is 5.41 Å². The highest BCUT2D eigenvalue weighted by Gasteiger charge is 2.22. The van der Waals surface area contributed by atoms with Gasteiger partial charge in [-0.05, 0) is 72.4 Å². The summed E-state index contributed by atoms with van der Waals surface area (Å²) in [6, 6.07) is 16.8. The fraction of sp³-hybridized carbons (Fsp3) is 0.267. The van der Waals surface area contributed by atoms with Crippen LogP contribution in [0.25, 0.3) is 10.9 Å². The molecule has 4 aromatic rings. The van der Waals surface area contributed by atoms with Crippen LogP contribution in [0.4, 0.5) is 16.2 Å². The summed E-state index contributed by atoms with van der Waals surface area (Å²) in [6.07, 6.45) is 0.619. The number of ether oxygens (including phenoxy) is 3. The lowest BCUT2D eigenvalue weighted by atomic mass is 9.87. The number of methoxy groups -OCH3 is 2. The molecule has 0 saturated carbocycles. The number of carbonyl (C=O) groups is 1. The molecule has 0 unspecified atom stereocenters. The van der Waals surface area contributed by atoms with E-state index in [2.05, 4.69) is 25.8 Å². The second kappa shape index (κ2) is 10.0. The van der Waals surface area contributed by atoms with E-state index in [1.807, 2.05) is 56.3 Å². The number of fused-ring (bicyclic) bond motifs is 1. The highest BCUT2D eigenvalue weighted by Crippen LogP contribution is 2.40. The first-order chi connectivity index (χ1) is 17.5. The van der Waals surface area contributed by atoms with Gasteiger partial charge in [-0.2, -0.15) is 0 Å². The van der Waals surface area contributed by atoms with E-state index >= 15 is 0 Å². The Hall–Kier alpha value is -4.26. The maximum absolute atomic E-state index is 12.3. The normalized spacial score (nSPS) is 11.3. The molecule has 0 aliphatic rings. The number of hydrogen-bond donors (Lipinski definition) is 1. The molecule has 1 heterocycles. The molecular weight excluding hydrogens is 468 g/mol. The van der Waals surface area contributed by atoms with Gasteiger partial charge in [0.1, 0.15) is 11.5 Å².